The average molecular weight is 303 g/mol. The molecule has 0 saturated carbocycles. The van der Waals surface area contributed by atoms with Crippen molar-refractivity contribution in [1.82, 2.24) is 4.98 Å². The topological polar surface area (TPSA) is 78.4 Å². The van der Waals surface area contributed by atoms with Crippen LogP contribution in [0.4, 0.5) is 17.6 Å². The number of nitrogens with two attached hydrogens (primary N) is 1. The lowest BCUT2D eigenvalue weighted by atomic mass is 10.1. The number of amides is 1. The number of nitrogens with zero attached hydrogens (tertiary/aromatic N) is 1. The van der Waals surface area contributed by atoms with Crippen LogP contribution in [0.3, 0.4) is 0 Å². The number of ether oxygens (including phenoxy) is 1. The van der Waals surface area contributed by atoms with Gasteiger partial charge in [-0.15, -0.1) is 13.2 Å². The normalized spacial score (nSPS) is 11.4. The maximum atomic E-state index is 13.5. The molecule has 0 saturated heterocycles. The molecule has 2 aromatic rings. The van der Waals surface area contributed by atoms with Crippen molar-refractivity contribution >= 4 is 5.91 Å². The third-order valence-corrected chi connectivity index (χ3v) is 2.22. The Morgan fingerprint density at radius 1 is 1.38 bits per heavy atom. The van der Waals surface area contributed by atoms with Crippen LogP contribution in [0.25, 0.3) is 0 Å². The molecule has 0 atom stereocenters. The Balaban J connectivity index is 2.14. The van der Waals surface area contributed by atoms with Crippen LogP contribution in [0, 0.1) is 12.2 Å². The molecule has 1 aromatic carbocycles. The molecule has 1 heterocycles. The van der Waals surface area contributed by atoms with Gasteiger partial charge in [-0.1, -0.05) is 6.07 Å². The van der Waals surface area contributed by atoms with Crippen molar-refractivity contribution in [3.8, 4) is 5.75 Å². The molecule has 111 valence electrons. The Labute approximate surface area is 115 Å². The van der Waals surface area contributed by atoms with Crippen molar-refractivity contribution in [2.75, 3.05) is 0 Å². The summed E-state index contributed by atoms with van der Waals surface area (Å²) in [5.74, 6) is -3.27. The number of hydrogen-bond acceptors (Lipinski definition) is 4. The van der Waals surface area contributed by atoms with Gasteiger partial charge < -0.3 is 14.9 Å². The molecule has 1 radical (unpaired) electrons. The molecule has 0 spiro atoms. The predicted octanol–water partition coefficient (Wildman–Crippen LogP) is 2.41. The highest BCUT2D eigenvalue weighted by molar-refractivity contribution is 5.87. The summed E-state index contributed by atoms with van der Waals surface area (Å²) in [6.07, 6.45) is -2.55. The molecule has 5 nitrogen and oxygen atoms in total. The number of aromatic nitrogens is 1. The predicted molar refractivity (Wildman–Crippen MR) is 60.6 cm³/mol. The van der Waals surface area contributed by atoms with Crippen LogP contribution in [0.15, 0.2) is 28.8 Å². The fourth-order valence-corrected chi connectivity index (χ4v) is 1.45. The van der Waals surface area contributed by atoms with Crippen LogP contribution < -0.4 is 10.5 Å². The molecule has 1 amide bonds. The monoisotopic (exact) mass is 303 g/mol. The lowest BCUT2D eigenvalue weighted by Gasteiger charge is -2.10. The minimum absolute atomic E-state index is 0.0905. The Kier molecular flexibility index (Phi) is 3.83. The fraction of sp³-hybridized carbons (Fsp3) is 0.0833. The third-order valence-electron chi connectivity index (χ3n) is 2.22. The van der Waals surface area contributed by atoms with E-state index in [0.29, 0.717) is 0 Å². The van der Waals surface area contributed by atoms with Gasteiger partial charge in [0, 0.05) is 0 Å². The summed E-state index contributed by atoms with van der Waals surface area (Å²) >= 11 is 0. The van der Waals surface area contributed by atoms with Crippen LogP contribution in [0.5, 0.6) is 5.75 Å². The molecule has 2 N–H and O–H groups in total. The van der Waals surface area contributed by atoms with Crippen molar-refractivity contribution in [3.05, 3.63) is 53.8 Å². The molecule has 9 heteroatoms. The summed E-state index contributed by atoms with van der Waals surface area (Å²) in [7, 11) is 0. The van der Waals surface area contributed by atoms with E-state index in [2.05, 4.69) is 9.72 Å². The second-order valence-electron chi connectivity index (χ2n) is 3.81. The zero-order valence-corrected chi connectivity index (χ0v) is 10.1. The van der Waals surface area contributed by atoms with Crippen molar-refractivity contribution in [2.45, 2.75) is 6.36 Å². The molecular weight excluding hydrogens is 296 g/mol. The first-order valence-electron chi connectivity index (χ1n) is 5.40. The van der Waals surface area contributed by atoms with E-state index in [1.165, 1.54) is 12.5 Å². The zero-order chi connectivity index (χ0) is 15.6. The van der Waals surface area contributed by atoms with Gasteiger partial charge in [0.15, 0.2) is 11.6 Å². The molecule has 0 fully saturated rings. The smallest absolute Gasteiger partial charge is 0.437 e. The Morgan fingerprint density at radius 3 is 2.62 bits per heavy atom. The molecule has 0 aliphatic carbocycles. The van der Waals surface area contributed by atoms with Crippen LogP contribution in [-0.2, 0) is 0 Å². The summed E-state index contributed by atoms with van der Waals surface area (Å²) in [5, 5.41) is 0. The van der Waals surface area contributed by atoms with E-state index in [9.17, 15) is 22.4 Å². The number of hydrogen-bond donors (Lipinski definition) is 1. The molecule has 2 rings (SSSR count). The summed E-state index contributed by atoms with van der Waals surface area (Å²) < 4.78 is 57.8. The summed E-state index contributed by atoms with van der Waals surface area (Å²) in [5.41, 5.74) is 5.12. The van der Waals surface area contributed by atoms with Gasteiger partial charge in [0.05, 0.1) is 12.6 Å². The minimum atomic E-state index is -4.98. The standard InChI is InChI=1S/C12H7F4N2O3/c13-8-4-6(1-2-9(8)21-12(14,15)16)3-7-5-18-11(20-7)10(17)19/h1-5H,(H2,17,19). The number of primary amides is 1. The SMILES string of the molecule is NC(=O)c1ncc([CH]c2ccc(OC(F)(F)F)c(F)c2)o1. The van der Waals surface area contributed by atoms with E-state index in [1.54, 1.807) is 0 Å². The van der Waals surface area contributed by atoms with Crippen LogP contribution in [0.1, 0.15) is 22.0 Å². The fourth-order valence-electron chi connectivity index (χ4n) is 1.45. The van der Waals surface area contributed by atoms with Gasteiger partial charge in [-0.25, -0.2) is 9.37 Å². The van der Waals surface area contributed by atoms with Gasteiger partial charge >= 0.3 is 12.3 Å². The summed E-state index contributed by atoms with van der Waals surface area (Å²) in [4.78, 5) is 14.3. The van der Waals surface area contributed by atoms with Crippen molar-refractivity contribution in [2.24, 2.45) is 5.73 Å². The van der Waals surface area contributed by atoms with Gasteiger partial charge in [0.25, 0.3) is 5.89 Å². The van der Waals surface area contributed by atoms with Gasteiger partial charge in [-0.05, 0) is 17.7 Å². The summed E-state index contributed by atoms with van der Waals surface area (Å²) in [6.45, 7) is 0. The van der Waals surface area contributed by atoms with E-state index in [1.807, 2.05) is 0 Å². The molecule has 0 aliphatic rings. The molecule has 0 aliphatic heterocycles. The Morgan fingerprint density at radius 2 is 2.10 bits per heavy atom. The number of benzene rings is 1. The van der Waals surface area contributed by atoms with E-state index in [-0.39, 0.29) is 17.2 Å². The maximum absolute atomic E-state index is 13.5. The van der Waals surface area contributed by atoms with E-state index in [0.717, 1.165) is 18.3 Å². The molecule has 0 bridgehead atoms. The number of rotatable bonds is 4. The average Bonchev–Trinajstić information content (AvgIpc) is 2.80. The van der Waals surface area contributed by atoms with Crippen LogP contribution in [-0.4, -0.2) is 17.3 Å². The first kappa shape index (κ1) is 14.8. The summed E-state index contributed by atoms with van der Waals surface area (Å²) in [6, 6.07) is 2.81. The Bertz CT molecular complexity index is 667. The largest absolute Gasteiger partial charge is 0.573 e. The molecular formula is C12H7F4N2O3. The number of alkyl halides is 3. The van der Waals surface area contributed by atoms with Crippen molar-refractivity contribution in [1.29, 1.82) is 0 Å². The number of carbonyl (C=O) groups is 1. The first-order valence-corrected chi connectivity index (χ1v) is 5.40. The Hall–Kier alpha value is -2.58. The highest BCUT2D eigenvalue weighted by Crippen LogP contribution is 2.27. The van der Waals surface area contributed by atoms with Crippen LogP contribution >= 0.6 is 0 Å². The molecule has 1 aromatic heterocycles. The number of halogens is 4. The number of oxazole rings is 1. The quantitative estimate of drug-likeness (QED) is 0.880. The van der Waals surface area contributed by atoms with E-state index < -0.39 is 23.8 Å². The lowest BCUT2D eigenvalue weighted by molar-refractivity contribution is -0.275. The maximum Gasteiger partial charge on any atom is 0.573 e. The first-order chi connectivity index (χ1) is 9.74. The second kappa shape index (κ2) is 5.43. The van der Waals surface area contributed by atoms with Gasteiger partial charge in [0.1, 0.15) is 5.76 Å². The number of carbonyl (C=O) groups excluding carboxylic acids is 1. The van der Waals surface area contributed by atoms with Crippen LogP contribution in [0.2, 0.25) is 0 Å². The molecule has 0 unspecified atom stereocenters. The zero-order valence-electron chi connectivity index (χ0n) is 10.1. The van der Waals surface area contributed by atoms with E-state index in [4.69, 9.17) is 10.2 Å². The highest BCUT2D eigenvalue weighted by atomic mass is 19.4. The minimum Gasteiger partial charge on any atom is -0.437 e. The van der Waals surface area contributed by atoms with E-state index >= 15 is 0 Å². The van der Waals surface area contributed by atoms with Crippen molar-refractivity contribution < 1.29 is 31.5 Å². The van der Waals surface area contributed by atoms with Gasteiger partial charge in [0.2, 0.25) is 0 Å². The highest BCUT2D eigenvalue weighted by Gasteiger charge is 2.32. The third kappa shape index (κ3) is 3.94. The second-order valence-corrected chi connectivity index (χ2v) is 3.81. The van der Waals surface area contributed by atoms with Gasteiger partial charge in [-0.3, -0.25) is 4.79 Å². The van der Waals surface area contributed by atoms with Gasteiger partial charge in [-0.2, -0.15) is 0 Å². The lowest BCUT2D eigenvalue weighted by Crippen LogP contribution is -2.18. The molecule has 21 heavy (non-hydrogen) atoms. The van der Waals surface area contributed by atoms with Crippen molar-refractivity contribution in [3.63, 3.8) is 0 Å².